The van der Waals surface area contributed by atoms with Gasteiger partial charge in [0.25, 0.3) is 0 Å². The van der Waals surface area contributed by atoms with Gasteiger partial charge in [0, 0.05) is 22.5 Å². The molecule has 7 aromatic rings. The standard InChI is InChI=1S/C38H28BN5O.Pt/c1-27-13-11-14-28(2)37(27)39-42(29-15-5-3-6-16-29)25-26-43(39)34-21-12-22-35(40-34)45-36-24-23-32-31-19-9-10-20-33(31)44(38(32)41-36)30-17-7-4-8-18-30;/h3-17,19-25H,1-2H3;/q-2;+2. The molecular weight excluding hydrogens is 748 g/mol. The van der Waals surface area contributed by atoms with Crippen molar-refractivity contribution in [1.82, 2.24) is 14.5 Å². The number of para-hydroxylation sites is 3. The molecule has 6 nitrogen and oxygen atoms in total. The Morgan fingerprint density at radius 1 is 0.674 bits per heavy atom. The molecular formula is C38H28BN5OPt. The van der Waals surface area contributed by atoms with Crippen molar-refractivity contribution in [3.8, 4) is 17.4 Å². The van der Waals surface area contributed by atoms with Gasteiger partial charge in [0.2, 0.25) is 11.8 Å². The Morgan fingerprint density at radius 3 is 2.22 bits per heavy atom. The summed E-state index contributed by atoms with van der Waals surface area (Å²) in [6.07, 6.45) is 5.47. The summed E-state index contributed by atoms with van der Waals surface area (Å²) in [5.41, 5.74) is 7.50. The van der Waals surface area contributed by atoms with Gasteiger partial charge in [-0.25, -0.2) is 0 Å². The molecule has 4 aromatic carbocycles. The van der Waals surface area contributed by atoms with Crippen molar-refractivity contribution in [2.45, 2.75) is 13.8 Å². The van der Waals surface area contributed by atoms with Gasteiger partial charge >= 0.3 is 28.0 Å². The van der Waals surface area contributed by atoms with Gasteiger partial charge in [-0.3, -0.25) is 4.98 Å². The van der Waals surface area contributed by atoms with E-state index in [-0.39, 0.29) is 28.0 Å². The SMILES string of the molecule is Cc1cccc(C)c1B1N(c2cccc(Oc3ccc4c5ccccc5n(-c5[c-]cccc5)c4n3)n2)[C-]=CN1c1ccccc1.[Pt+2]. The minimum Gasteiger partial charge on any atom is -0.519 e. The second kappa shape index (κ2) is 12.3. The van der Waals surface area contributed by atoms with E-state index in [0.717, 1.165) is 39.1 Å². The second-order valence-electron chi connectivity index (χ2n) is 11.1. The number of fused-ring (bicyclic) bond motifs is 3. The van der Waals surface area contributed by atoms with Crippen LogP contribution in [0.1, 0.15) is 11.1 Å². The van der Waals surface area contributed by atoms with Crippen molar-refractivity contribution in [2.24, 2.45) is 0 Å². The average Bonchev–Trinajstić information content (AvgIpc) is 3.65. The first-order chi connectivity index (χ1) is 22.2. The number of rotatable bonds is 6. The summed E-state index contributed by atoms with van der Waals surface area (Å²) in [5.74, 6) is 1.64. The molecule has 1 aliphatic heterocycles. The predicted molar refractivity (Wildman–Crippen MR) is 182 cm³/mol. The summed E-state index contributed by atoms with van der Waals surface area (Å²) in [6, 6.07) is 46.2. The maximum atomic E-state index is 6.35. The smallest absolute Gasteiger partial charge is 0.519 e. The molecule has 0 amide bonds. The van der Waals surface area contributed by atoms with Crippen LogP contribution >= 0.6 is 0 Å². The van der Waals surface area contributed by atoms with E-state index in [9.17, 15) is 0 Å². The molecule has 0 atom stereocenters. The quantitative estimate of drug-likeness (QED) is 0.128. The van der Waals surface area contributed by atoms with Crippen LogP contribution in [0.3, 0.4) is 0 Å². The minimum atomic E-state index is -0.163. The molecule has 46 heavy (non-hydrogen) atoms. The molecule has 0 spiro atoms. The summed E-state index contributed by atoms with van der Waals surface area (Å²) in [5, 5.41) is 2.17. The van der Waals surface area contributed by atoms with Crippen molar-refractivity contribution < 1.29 is 25.8 Å². The van der Waals surface area contributed by atoms with Crippen LogP contribution in [0.4, 0.5) is 11.5 Å². The third-order valence-corrected chi connectivity index (χ3v) is 8.29. The maximum Gasteiger partial charge on any atom is 2.00 e. The first-order valence-corrected chi connectivity index (χ1v) is 15.0. The molecule has 1 aliphatic rings. The van der Waals surface area contributed by atoms with Crippen LogP contribution in [0.25, 0.3) is 27.6 Å². The van der Waals surface area contributed by atoms with Crippen LogP contribution < -0.4 is 19.8 Å². The molecule has 0 unspecified atom stereocenters. The normalized spacial score (nSPS) is 12.6. The first-order valence-electron chi connectivity index (χ1n) is 15.0. The Kier molecular flexibility index (Phi) is 7.94. The number of anilines is 2. The van der Waals surface area contributed by atoms with Crippen LogP contribution in [0, 0.1) is 26.1 Å². The summed E-state index contributed by atoms with van der Waals surface area (Å²) >= 11 is 0. The van der Waals surface area contributed by atoms with Crippen LogP contribution in [-0.2, 0) is 21.1 Å². The van der Waals surface area contributed by atoms with E-state index < -0.39 is 0 Å². The maximum absolute atomic E-state index is 6.35. The number of nitrogens with zero attached hydrogens (tertiary/aromatic N) is 5. The second-order valence-corrected chi connectivity index (χ2v) is 11.1. The number of aryl methyl sites for hydroxylation is 2. The van der Waals surface area contributed by atoms with Crippen molar-refractivity contribution in [2.75, 3.05) is 9.62 Å². The number of aromatic nitrogens is 3. The van der Waals surface area contributed by atoms with Crippen LogP contribution in [0.2, 0.25) is 0 Å². The topological polar surface area (TPSA) is 46.4 Å². The molecule has 0 saturated carbocycles. The summed E-state index contributed by atoms with van der Waals surface area (Å²) < 4.78 is 8.47. The van der Waals surface area contributed by atoms with Crippen molar-refractivity contribution in [3.63, 3.8) is 0 Å². The van der Waals surface area contributed by atoms with Crippen molar-refractivity contribution >= 4 is 45.9 Å². The van der Waals surface area contributed by atoms with Gasteiger partial charge < -0.3 is 18.9 Å². The van der Waals surface area contributed by atoms with Gasteiger partial charge in [-0.05, 0) is 55.5 Å². The van der Waals surface area contributed by atoms with E-state index >= 15 is 0 Å². The molecule has 0 fully saturated rings. The number of hydrogen-bond donors (Lipinski definition) is 0. The summed E-state index contributed by atoms with van der Waals surface area (Å²) in [7, 11) is 0. The van der Waals surface area contributed by atoms with Gasteiger partial charge in [0.05, 0.1) is 5.52 Å². The van der Waals surface area contributed by atoms with E-state index in [1.807, 2.05) is 66.9 Å². The number of ether oxygens (including phenoxy) is 1. The minimum absolute atomic E-state index is 0. The monoisotopic (exact) mass is 776 g/mol. The van der Waals surface area contributed by atoms with E-state index in [2.05, 4.69) is 107 Å². The summed E-state index contributed by atoms with van der Waals surface area (Å²) in [4.78, 5) is 14.3. The van der Waals surface area contributed by atoms with Gasteiger partial charge in [-0.2, -0.15) is 35.4 Å². The summed E-state index contributed by atoms with van der Waals surface area (Å²) in [6.45, 7) is 4.15. The number of hydrogen-bond acceptors (Lipinski definition) is 5. The van der Waals surface area contributed by atoms with Crippen molar-refractivity contribution in [1.29, 1.82) is 0 Å². The Morgan fingerprint density at radius 2 is 1.41 bits per heavy atom. The van der Waals surface area contributed by atoms with Gasteiger partial charge in [-0.1, -0.05) is 83.7 Å². The fourth-order valence-corrected chi connectivity index (χ4v) is 6.25. The first kappa shape index (κ1) is 29.6. The fraction of sp³-hybridized carbons (Fsp3) is 0.0526. The molecule has 224 valence electrons. The molecule has 0 saturated heterocycles. The van der Waals surface area contributed by atoms with E-state index in [1.54, 1.807) is 0 Å². The van der Waals surface area contributed by atoms with Gasteiger partial charge in [-0.15, -0.1) is 12.1 Å². The third kappa shape index (κ3) is 5.17. The molecule has 0 bridgehead atoms. The largest absolute Gasteiger partial charge is 2.00 e. The fourth-order valence-electron chi connectivity index (χ4n) is 6.25. The van der Waals surface area contributed by atoms with Crippen LogP contribution in [-0.4, -0.2) is 21.5 Å². The van der Waals surface area contributed by atoms with Gasteiger partial charge in [0.1, 0.15) is 5.65 Å². The van der Waals surface area contributed by atoms with E-state index in [0.29, 0.717) is 11.8 Å². The molecule has 0 N–H and O–H groups in total. The van der Waals surface area contributed by atoms with Crippen LogP contribution in [0.5, 0.6) is 11.8 Å². The molecule has 0 radical (unpaired) electrons. The zero-order valence-corrected chi connectivity index (χ0v) is 27.5. The number of benzene rings is 4. The predicted octanol–water partition coefficient (Wildman–Crippen LogP) is 7.78. The van der Waals surface area contributed by atoms with Crippen LogP contribution in [0.15, 0.2) is 134 Å². The molecule has 8 rings (SSSR count). The molecule has 4 heterocycles. The Balaban J connectivity index is 0.00000338. The third-order valence-electron chi connectivity index (χ3n) is 8.29. The molecule has 8 heteroatoms. The molecule has 3 aromatic heterocycles. The van der Waals surface area contributed by atoms with E-state index in [4.69, 9.17) is 14.7 Å². The zero-order chi connectivity index (χ0) is 30.3. The Bertz CT molecular complexity index is 2180. The average molecular weight is 777 g/mol. The number of pyridine rings is 2. The van der Waals surface area contributed by atoms with Gasteiger partial charge in [0.15, 0.2) is 0 Å². The van der Waals surface area contributed by atoms with Crippen molar-refractivity contribution in [3.05, 3.63) is 157 Å². The Hall–Kier alpha value is -5.13. The zero-order valence-electron chi connectivity index (χ0n) is 25.2. The van der Waals surface area contributed by atoms with E-state index in [1.165, 1.54) is 16.6 Å². The molecule has 0 aliphatic carbocycles. The Labute approximate surface area is 283 Å².